The minimum absolute atomic E-state index is 0.111. The van der Waals surface area contributed by atoms with E-state index >= 15 is 0 Å². The standard InChI is InChI=1S/C18H19N3O5S/c1-3-26-11-6-4-10(5-7-11)14-12(8-19)17(27-9-13(20)22)21-16(23)15(14)18(24)25-2/h4-7,14-15H,3,9H2,1-2H3,(H2,20,22)(H,21,23)/t14-,15-/m0/s1. The molecule has 1 aromatic carbocycles. The first-order valence-corrected chi connectivity index (χ1v) is 9.08. The van der Waals surface area contributed by atoms with Gasteiger partial charge in [-0.15, -0.1) is 0 Å². The Kier molecular flexibility index (Phi) is 6.85. The number of carbonyl (C=O) groups is 3. The number of carbonyl (C=O) groups excluding carboxylic acids is 3. The largest absolute Gasteiger partial charge is 0.494 e. The Labute approximate surface area is 160 Å². The van der Waals surface area contributed by atoms with E-state index in [1.54, 1.807) is 24.3 Å². The van der Waals surface area contributed by atoms with Gasteiger partial charge in [-0.2, -0.15) is 5.26 Å². The van der Waals surface area contributed by atoms with Crippen molar-refractivity contribution in [2.45, 2.75) is 12.8 Å². The minimum atomic E-state index is -1.22. The van der Waals surface area contributed by atoms with Crippen molar-refractivity contribution in [2.24, 2.45) is 11.7 Å². The Hall–Kier alpha value is -2.99. The van der Waals surface area contributed by atoms with Crippen LogP contribution in [0.25, 0.3) is 0 Å². The molecule has 0 spiro atoms. The normalized spacial score (nSPS) is 19.1. The Balaban J connectivity index is 2.53. The number of thioether (sulfide) groups is 1. The molecule has 3 N–H and O–H groups in total. The van der Waals surface area contributed by atoms with Crippen molar-refractivity contribution in [3.05, 3.63) is 40.4 Å². The summed E-state index contributed by atoms with van der Waals surface area (Å²) in [5, 5.41) is 12.4. The van der Waals surface area contributed by atoms with E-state index in [9.17, 15) is 19.6 Å². The number of nitrogens with two attached hydrogens (primary N) is 1. The van der Waals surface area contributed by atoms with Crippen molar-refractivity contribution in [3.8, 4) is 11.8 Å². The SMILES string of the molecule is CCOc1ccc([C@H]2C(C#N)=C(SCC(N)=O)NC(=O)[C@H]2C(=O)OC)cc1. The molecule has 2 amide bonds. The number of amides is 2. The van der Waals surface area contributed by atoms with Crippen LogP contribution in [0.4, 0.5) is 0 Å². The predicted octanol–water partition coefficient (Wildman–Crippen LogP) is 1.04. The lowest BCUT2D eigenvalue weighted by atomic mass is 9.78. The van der Waals surface area contributed by atoms with Crippen molar-refractivity contribution in [1.82, 2.24) is 5.32 Å². The Morgan fingerprint density at radius 1 is 1.33 bits per heavy atom. The molecule has 0 saturated heterocycles. The fourth-order valence-electron chi connectivity index (χ4n) is 2.76. The molecule has 2 rings (SSSR count). The minimum Gasteiger partial charge on any atom is -0.494 e. The summed E-state index contributed by atoms with van der Waals surface area (Å²) < 4.78 is 10.2. The molecule has 142 valence electrons. The molecular weight excluding hydrogens is 370 g/mol. The Morgan fingerprint density at radius 3 is 2.52 bits per heavy atom. The van der Waals surface area contributed by atoms with Gasteiger partial charge in [-0.25, -0.2) is 0 Å². The number of esters is 1. The molecule has 1 aromatic rings. The summed E-state index contributed by atoms with van der Waals surface area (Å²) in [4.78, 5) is 35.9. The summed E-state index contributed by atoms with van der Waals surface area (Å²) in [7, 11) is 1.18. The molecule has 9 heteroatoms. The molecule has 1 heterocycles. The van der Waals surface area contributed by atoms with E-state index in [1.807, 2.05) is 13.0 Å². The summed E-state index contributed by atoms with van der Waals surface area (Å²) in [6.45, 7) is 2.35. The lowest BCUT2D eigenvalue weighted by Gasteiger charge is -2.30. The Morgan fingerprint density at radius 2 is 2.00 bits per heavy atom. The van der Waals surface area contributed by atoms with Crippen LogP contribution in [0.5, 0.6) is 5.75 Å². The van der Waals surface area contributed by atoms with Crippen LogP contribution in [-0.2, 0) is 19.1 Å². The second-order valence-corrected chi connectivity index (χ2v) is 6.56. The molecule has 1 aliphatic rings. The van der Waals surface area contributed by atoms with Crippen LogP contribution in [-0.4, -0.2) is 37.3 Å². The van der Waals surface area contributed by atoms with Crippen LogP contribution in [0.3, 0.4) is 0 Å². The van der Waals surface area contributed by atoms with E-state index in [1.165, 1.54) is 7.11 Å². The van der Waals surface area contributed by atoms with Crippen molar-refractivity contribution >= 4 is 29.5 Å². The van der Waals surface area contributed by atoms with E-state index in [0.717, 1.165) is 11.8 Å². The highest BCUT2D eigenvalue weighted by Crippen LogP contribution is 2.40. The third-order valence-corrected chi connectivity index (χ3v) is 4.93. The summed E-state index contributed by atoms with van der Waals surface area (Å²) in [5.41, 5.74) is 5.90. The van der Waals surface area contributed by atoms with Crippen molar-refractivity contribution in [2.75, 3.05) is 19.5 Å². The van der Waals surface area contributed by atoms with Crippen LogP contribution in [0.2, 0.25) is 0 Å². The number of benzene rings is 1. The maximum Gasteiger partial charge on any atom is 0.319 e. The molecule has 8 nitrogen and oxygen atoms in total. The summed E-state index contributed by atoms with van der Waals surface area (Å²) >= 11 is 0.947. The van der Waals surface area contributed by atoms with E-state index in [0.29, 0.717) is 17.9 Å². The zero-order chi connectivity index (χ0) is 20.0. The highest BCUT2D eigenvalue weighted by molar-refractivity contribution is 8.03. The molecule has 0 bridgehead atoms. The smallest absolute Gasteiger partial charge is 0.319 e. The van der Waals surface area contributed by atoms with Crippen LogP contribution in [0, 0.1) is 17.2 Å². The molecule has 0 aliphatic carbocycles. The van der Waals surface area contributed by atoms with E-state index in [4.69, 9.17) is 15.2 Å². The predicted molar refractivity (Wildman–Crippen MR) is 98.3 cm³/mol. The number of allylic oxidation sites excluding steroid dienone is 1. The lowest BCUT2D eigenvalue weighted by Crippen LogP contribution is -2.44. The van der Waals surface area contributed by atoms with Gasteiger partial charge in [0.15, 0.2) is 0 Å². The van der Waals surface area contributed by atoms with Gasteiger partial charge in [0.05, 0.1) is 36.1 Å². The topological polar surface area (TPSA) is 132 Å². The molecule has 0 fully saturated rings. The average Bonchev–Trinajstić information content (AvgIpc) is 2.66. The van der Waals surface area contributed by atoms with E-state index < -0.39 is 29.6 Å². The third kappa shape index (κ3) is 4.60. The highest BCUT2D eigenvalue weighted by atomic mass is 32.2. The van der Waals surface area contributed by atoms with Gasteiger partial charge < -0.3 is 20.5 Å². The maximum absolute atomic E-state index is 12.6. The number of methoxy groups -OCH3 is 1. The monoisotopic (exact) mass is 389 g/mol. The average molecular weight is 389 g/mol. The van der Waals surface area contributed by atoms with Gasteiger partial charge in [0.1, 0.15) is 11.7 Å². The van der Waals surface area contributed by atoms with Crippen molar-refractivity contribution in [3.63, 3.8) is 0 Å². The van der Waals surface area contributed by atoms with Crippen LogP contribution in [0.15, 0.2) is 34.9 Å². The molecule has 0 aromatic heterocycles. The molecule has 0 saturated carbocycles. The van der Waals surface area contributed by atoms with Gasteiger partial charge in [-0.3, -0.25) is 14.4 Å². The first-order valence-electron chi connectivity index (χ1n) is 8.09. The Bertz CT molecular complexity index is 813. The van der Waals surface area contributed by atoms with E-state index in [-0.39, 0.29) is 16.4 Å². The number of hydrogen-bond donors (Lipinski definition) is 2. The van der Waals surface area contributed by atoms with Gasteiger partial charge in [0.25, 0.3) is 0 Å². The first kappa shape index (κ1) is 20.3. The van der Waals surface area contributed by atoms with E-state index in [2.05, 4.69) is 5.32 Å². The zero-order valence-corrected chi connectivity index (χ0v) is 15.7. The molecular formula is C18H19N3O5S. The van der Waals surface area contributed by atoms with Crippen LogP contribution >= 0.6 is 11.8 Å². The summed E-state index contributed by atoms with van der Waals surface area (Å²) in [6.07, 6.45) is 0. The van der Waals surface area contributed by atoms with Gasteiger partial charge >= 0.3 is 5.97 Å². The number of nitrogens with zero attached hydrogens (tertiary/aromatic N) is 1. The summed E-state index contributed by atoms with van der Waals surface area (Å²) in [5.74, 6) is -3.50. The van der Waals surface area contributed by atoms with Gasteiger partial charge in [0.2, 0.25) is 11.8 Å². The van der Waals surface area contributed by atoms with Gasteiger partial charge in [0, 0.05) is 5.92 Å². The maximum atomic E-state index is 12.6. The number of rotatable bonds is 7. The van der Waals surface area contributed by atoms with Crippen molar-refractivity contribution in [1.29, 1.82) is 5.26 Å². The molecule has 0 unspecified atom stereocenters. The number of nitrogens with one attached hydrogen (secondary N) is 1. The molecule has 2 atom stereocenters. The third-order valence-electron chi connectivity index (χ3n) is 3.89. The number of primary amides is 1. The molecule has 1 aliphatic heterocycles. The van der Waals surface area contributed by atoms with Gasteiger partial charge in [-0.1, -0.05) is 23.9 Å². The highest BCUT2D eigenvalue weighted by Gasteiger charge is 2.44. The second-order valence-electron chi connectivity index (χ2n) is 5.58. The number of nitriles is 1. The summed E-state index contributed by atoms with van der Waals surface area (Å²) in [6, 6.07) is 8.83. The fraction of sp³-hybridized carbons (Fsp3) is 0.333. The number of hydrogen-bond acceptors (Lipinski definition) is 7. The molecule has 27 heavy (non-hydrogen) atoms. The quantitative estimate of drug-likeness (QED) is 0.526. The van der Waals surface area contributed by atoms with Crippen LogP contribution < -0.4 is 15.8 Å². The number of ether oxygens (including phenoxy) is 2. The zero-order valence-electron chi connectivity index (χ0n) is 14.9. The fourth-order valence-corrected chi connectivity index (χ4v) is 3.55. The first-order chi connectivity index (χ1) is 12.9. The second kappa shape index (κ2) is 9.09. The van der Waals surface area contributed by atoms with Gasteiger partial charge in [-0.05, 0) is 24.6 Å². The molecule has 0 radical (unpaired) electrons. The van der Waals surface area contributed by atoms with Crippen LogP contribution in [0.1, 0.15) is 18.4 Å². The van der Waals surface area contributed by atoms with Crippen molar-refractivity contribution < 1.29 is 23.9 Å². The lowest BCUT2D eigenvalue weighted by molar-refractivity contribution is -0.150.